The fourth-order valence-corrected chi connectivity index (χ4v) is 2.27. The Morgan fingerprint density at radius 1 is 1.56 bits per heavy atom. The molecular weight excluding hydrogens is 276 g/mol. The van der Waals surface area contributed by atoms with Crippen LogP contribution in [0.5, 0.6) is 0 Å². The van der Waals surface area contributed by atoms with Crippen LogP contribution in [0.4, 0.5) is 4.79 Å². The molecule has 1 amide bonds. The molecule has 86 valence electrons. The summed E-state index contributed by atoms with van der Waals surface area (Å²) >= 11 is 3.17. The standard InChI is InChI=1S/C10H11BrN2O3/c11-8-2-1-4-13(9(8)14)7-3-5-12(6-7)10(15)16/h1-2,4,7H,3,5-6H2,(H,15,16). The second-order valence-corrected chi connectivity index (χ2v) is 4.59. The number of hydrogen-bond donors (Lipinski definition) is 1. The van der Waals surface area contributed by atoms with Crippen molar-refractivity contribution in [3.05, 3.63) is 33.2 Å². The highest BCUT2D eigenvalue weighted by molar-refractivity contribution is 9.10. The van der Waals surface area contributed by atoms with Gasteiger partial charge in [0.05, 0.1) is 10.5 Å². The Labute approximate surface area is 100 Å². The molecule has 1 unspecified atom stereocenters. The van der Waals surface area contributed by atoms with Gasteiger partial charge in [0.15, 0.2) is 0 Å². The van der Waals surface area contributed by atoms with Gasteiger partial charge in [-0.25, -0.2) is 4.79 Å². The smallest absolute Gasteiger partial charge is 0.407 e. The zero-order chi connectivity index (χ0) is 11.7. The van der Waals surface area contributed by atoms with Gasteiger partial charge in [-0.1, -0.05) is 0 Å². The molecule has 0 radical (unpaired) electrons. The van der Waals surface area contributed by atoms with Gasteiger partial charge in [-0.2, -0.15) is 0 Å². The first kappa shape index (κ1) is 11.2. The van der Waals surface area contributed by atoms with Crippen molar-refractivity contribution in [2.24, 2.45) is 0 Å². The van der Waals surface area contributed by atoms with Gasteiger partial charge in [-0.3, -0.25) is 4.79 Å². The van der Waals surface area contributed by atoms with E-state index in [2.05, 4.69) is 15.9 Å². The molecule has 1 aromatic rings. The molecule has 1 saturated heterocycles. The van der Waals surface area contributed by atoms with E-state index in [-0.39, 0.29) is 11.6 Å². The Morgan fingerprint density at radius 3 is 2.94 bits per heavy atom. The summed E-state index contributed by atoms with van der Waals surface area (Å²) in [4.78, 5) is 23.9. The molecule has 0 spiro atoms. The molecule has 0 bridgehead atoms. The van der Waals surface area contributed by atoms with Crippen LogP contribution in [0.1, 0.15) is 12.5 Å². The van der Waals surface area contributed by atoms with Crippen molar-refractivity contribution in [3.63, 3.8) is 0 Å². The van der Waals surface area contributed by atoms with Crippen molar-refractivity contribution in [2.45, 2.75) is 12.5 Å². The molecule has 0 saturated carbocycles. The van der Waals surface area contributed by atoms with Crippen LogP contribution in [-0.2, 0) is 0 Å². The van der Waals surface area contributed by atoms with Crippen LogP contribution in [0.2, 0.25) is 0 Å². The second-order valence-electron chi connectivity index (χ2n) is 3.74. The molecule has 2 heterocycles. The van der Waals surface area contributed by atoms with Gasteiger partial charge in [0.2, 0.25) is 0 Å². The van der Waals surface area contributed by atoms with Gasteiger partial charge in [0.25, 0.3) is 5.56 Å². The SMILES string of the molecule is O=C(O)N1CCC(n2cccc(Br)c2=O)C1. The lowest BCUT2D eigenvalue weighted by Gasteiger charge is -2.14. The molecule has 1 aromatic heterocycles. The highest BCUT2D eigenvalue weighted by atomic mass is 79.9. The fourth-order valence-electron chi connectivity index (χ4n) is 1.91. The monoisotopic (exact) mass is 286 g/mol. The number of carboxylic acid groups (broad SMARTS) is 1. The largest absolute Gasteiger partial charge is 0.465 e. The number of nitrogens with zero attached hydrogens (tertiary/aromatic N) is 2. The molecule has 1 N–H and O–H groups in total. The normalized spacial score (nSPS) is 20.1. The minimum absolute atomic E-state index is 0.0545. The molecule has 1 atom stereocenters. The number of aromatic nitrogens is 1. The van der Waals surface area contributed by atoms with Crippen molar-refractivity contribution in [1.29, 1.82) is 0 Å². The maximum absolute atomic E-state index is 11.8. The summed E-state index contributed by atoms with van der Waals surface area (Å²) in [7, 11) is 0. The molecule has 5 nitrogen and oxygen atoms in total. The third-order valence-electron chi connectivity index (χ3n) is 2.76. The predicted molar refractivity (Wildman–Crippen MR) is 61.7 cm³/mol. The van der Waals surface area contributed by atoms with Gasteiger partial charge < -0.3 is 14.6 Å². The van der Waals surface area contributed by atoms with Crippen molar-refractivity contribution in [3.8, 4) is 0 Å². The van der Waals surface area contributed by atoms with Gasteiger partial charge in [0.1, 0.15) is 0 Å². The molecule has 1 fully saturated rings. The highest BCUT2D eigenvalue weighted by Crippen LogP contribution is 2.20. The average molecular weight is 287 g/mol. The van der Waals surface area contributed by atoms with Gasteiger partial charge >= 0.3 is 6.09 Å². The third-order valence-corrected chi connectivity index (χ3v) is 3.36. The van der Waals surface area contributed by atoms with E-state index in [9.17, 15) is 9.59 Å². The highest BCUT2D eigenvalue weighted by Gasteiger charge is 2.27. The second kappa shape index (κ2) is 4.29. The minimum Gasteiger partial charge on any atom is -0.465 e. The van der Waals surface area contributed by atoms with E-state index >= 15 is 0 Å². The Kier molecular flexibility index (Phi) is 3.00. The van der Waals surface area contributed by atoms with Crippen LogP contribution in [0.3, 0.4) is 0 Å². The minimum atomic E-state index is -0.925. The van der Waals surface area contributed by atoms with Gasteiger partial charge in [-0.05, 0) is 34.5 Å². The summed E-state index contributed by atoms with van der Waals surface area (Å²) in [5.41, 5.74) is -0.111. The maximum atomic E-state index is 11.8. The summed E-state index contributed by atoms with van der Waals surface area (Å²) in [6, 6.07) is 3.40. The Morgan fingerprint density at radius 2 is 2.31 bits per heavy atom. The first-order valence-corrected chi connectivity index (χ1v) is 5.73. The lowest BCUT2D eigenvalue weighted by molar-refractivity contribution is 0.154. The molecule has 6 heteroatoms. The summed E-state index contributed by atoms with van der Waals surface area (Å²) in [5, 5.41) is 8.83. The van der Waals surface area contributed by atoms with E-state index in [0.717, 1.165) is 0 Å². The van der Waals surface area contributed by atoms with E-state index < -0.39 is 6.09 Å². The summed E-state index contributed by atoms with van der Waals surface area (Å²) in [6.45, 7) is 0.866. The van der Waals surface area contributed by atoms with Crippen LogP contribution >= 0.6 is 15.9 Å². The van der Waals surface area contributed by atoms with E-state index in [0.29, 0.717) is 24.0 Å². The fraction of sp³-hybridized carbons (Fsp3) is 0.400. The third kappa shape index (κ3) is 1.97. The van der Waals surface area contributed by atoms with Crippen LogP contribution in [0.25, 0.3) is 0 Å². The Bertz CT molecular complexity index is 471. The number of rotatable bonds is 1. The van der Waals surface area contributed by atoms with Crippen molar-refractivity contribution in [2.75, 3.05) is 13.1 Å². The average Bonchev–Trinajstić information content (AvgIpc) is 2.71. The van der Waals surface area contributed by atoms with E-state index in [1.54, 1.807) is 22.9 Å². The van der Waals surface area contributed by atoms with E-state index in [1.807, 2.05) is 0 Å². The molecule has 1 aliphatic rings. The summed E-state index contributed by atoms with van der Waals surface area (Å²) < 4.78 is 2.09. The molecule has 0 aliphatic carbocycles. The van der Waals surface area contributed by atoms with Crippen LogP contribution in [-0.4, -0.2) is 33.8 Å². The predicted octanol–water partition coefficient (Wildman–Crippen LogP) is 1.54. The topological polar surface area (TPSA) is 62.5 Å². The van der Waals surface area contributed by atoms with Crippen molar-refractivity contribution >= 4 is 22.0 Å². The zero-order valence-corrected chi connectivity index (χ0v) is 10.1. The van der Waals surface area contributed by atoms with Crippen LogP contribution in [0, 0.1) is 0 Å². The number of pyridine rings is 1. The number of hydrogen-bond acceptors (Lipinski definition) is 2. The Hall–Kier alpha value is -1.30. The quantitative estimate of drug-likeness (QED) is 0.852. The molecular formula is C10H11BrN2O3. The first-order chi connectivity index (χ1) is 7.59. The molecule has 0 aromatic carbocycles. The lowest BCUT2D eigenvalue weighted by Crippen LogP contribution is -2.30. The van der Waals surface area contributed by atoms with Crippen LogP contribution < -0.4 is 5.56 Å². The number of carbonyl (C=O) groups is 1. The summed E-state index contributed by atoms with van der Waals surface area (Å²) in [6.07, 6.45) is 1.46. The molecule has 1 aliphatic heterocycles. The maximum Gasteiger partial charge on any atom is 0.407 e. The zero-order valence-electron chi connectivity index (χ0n) is 8.47. The first-order valence-electron chi connectivity index (χ1n) is 4.94. The van der Waals surface area contributed by atoms with Crippen LogP contribution in [0.15, 0.2) is 27.6 Å². The van der Waals surface area contributed by atoms with Gasteiger partial charge in [-0.15, -0.1) is 0 Å². The number of halogens is 1. The van der Waals surface area contributed by atoms with Crippen molar-refractivity contribution in [1.82, 2.24) is 9.47 Å². The molecule has 16 heavy (non-hydrogen) atoms. The van der Waals surface area contributed by atoms with Crippen molar-refractivity contribution < 1.29 is 9.90 Å². The van der Waals surface area contributed by atoms with E-state index in [4.69, 9.17) is 5.11 Å². The summed E-state index contributed by atoms with van der Waals surface area (Å²) in [5.74, 6) is 0. The van der Waals surface area contributed by atoms with E-state index in [1.165, 1.54) is 4.90 Å². The Balaban J connectivity index is 2.24. The number of amides is 1. The van der Waals surface area contributed by atoms with Gasteiger partial charge in [0, 0.05) is 19.3 Å². The molecule has 2 rings (SSSR count). The number of likely N-dealkylation sites (tertiary alicyclic amines) is 1. The lowest BCUT2D eigenvalue weighted by atomic mass is 10.2.